The summed E-state index contributed by atoms with van der Waals surface area (Å²) in [5, 5.41) is 3.68. The van der Waals surface area contributed by atoms with Gasteiger partial charge >= 0.3 is 0 Å². The number of benzene rings is 1. The van der Waals surface area contributed by atoms with Crippen LogP contribution >= 0.6 is 0 Å². The van der Waals surface area contributed by atoms with Gasteiger partial charge in [0, 0.05) is 6.04 Å². The maximum atomic E-state index is 3.68. The SMILES string of the molecule is CCNC1CCCCC(c2cccc(C3CCC3)c2)C1. The van der Waals surface area contributed by atoms with Crippen LogP contribution in [-0.4, -0.2) is 12.6 Å². The van der Waals surface area contributed by atoms with Gasteiger partial charge in [0.15, 0.2) is 0 Å². The second-order valence-electron chi connectivity index (χ2n) is 6.77. The van der Waals surface area contributed by atoms with Gasteiger partial charge in [-0.1, -0.05) is 50.5 Å². The molecular formula is C19H29N. The zero-order valence-corrected chi connectivity index (χ0v) is 12.9. The molecule has 1 aromatic rings. The van der Waals surface area contributed by atoms with E-state index >= 15 is 0 Å². The first kappa shape index (κ1) is 14.1. The molecule has 110 valence electrons. The van der Waals surface area contributed by atoms with Gasteiger partial charge in [0.05, 0.1) is 0 Å². The summed E-state index contributed by atoms with van der Waals surface area (Å²) in [6.45, 7) is 3.34. The van der Waals surface area contributed by atoms with Crippen LogP contribution in [-0.2, 0) is 0 Å². The summed E-state index contributed by atoms with van der Waals surface area (Å²) >= 11 is 0. The van der Waals surface area contributed by atoms with Crippen LogP contribution in [0.25, 0.3) is 0 Å². The van der Waals surface area contributed by atoms with Crippen LogP contribution in [0.5, 0.6) is 0 Å². The fraction of sp³-hybridized carbons (Fsp3) is 0.684. The zero-order chi connectivity index (χ0) is 13.8. The number of rotatable bonds is 4. The topological polar surface area (TPSA) is 12.0 Å². The van der Waals surface area contributed by atoms with Crippen molar-refractivity contribution in [3.63, 3.8) is 0 Å². The lowest BCUT2D eigenvalue weighted by atomic mass is 9.78. The lowest BCUT2D eigenvalue weighted by molar-refractivity contribution is 0.418. The van der Waals surface area contributed by atoms with Crippen LogP contribution in [0.1, 0.15) is 81.3 Å². The first-order valence-electron chi connectivity index (χ1n) is 8.70. The van der Waals surface area contributed by atoms with Crippen LogP contribution in [0.3, 0.4) is 0 Å². The van der Waals surface area contributed by atoms with Gasteiger partial charge in [0.25, 0.3) is 0 Å². The Balaban J connectivity index is 1.72. The van der Waals surface area contributed by atoms with E-state index in [0.717, 1.165) is 24.4 Å². The van der Waals surface area contributed by atoms with Gasteiger partial charge in [0.2, 0.25) is 0 Å². The predicted octanol–water partition coefficient (Wildman–Crippen LogP) is 4.98. The molecule has 0 aromatic heterocycles. The normalized spacial score (nSPS) is 27.9. The van der Waals surface area contributed by atoms with Crippen molar-refractivity contribution < 1.29 is 0 Å². The molecule has 2 fully saturated rings. The van der Waals surface area contributed by atoms with E-state index in [1.165, 1.54) is 51.4 Å². The fourth-order valence-electron chi connectivity index (χ4n) is 3.95. The molecule has 0 radical (unpaired) electrons. The van der Waals surface area contributed by atoms with Gasteiger partial charge in [-0.15, -0.1) is 0 Å². The molecule has 0 bridgehead atoms. The van der Waals surface area contributed by atoms with E-state index in [1.54, 1.807) is 11.1 Å². The molecule has 1 aromatic carbocycles. The first-order valence-corrected chi connectivity index (χ1v) is 8.70. The van der Waals surface area contributed by atoms with Gasteiger partial charge < -0.3 is 5.32 Å². The maximum Gasteiger partial charge on any atom is 0.00727 e. The van der Waals surface area contributed by atoms with E-state index in [2.05, 4.69) is 36.5 Å². The Morgan fingerprint density at radius 1 is 0.950 bits per heavy atom. The Kier molecular flexibility index (Phi) is 4.77. The molecule has 1 nitrogen and oxygen atoms in total. The molecule has 2 aliphatic rings. The molecule has 3 rings (SSSR count). The summed E-state index contributed by atoms with van der Waals surface area (Å²) in [6, 6.07) is 10.3. The van der Waals surface area contributed by atoms with Crippen LogP contribution in [0.15, 0.2) is 24.3 Å². The maximum absolute atomic E-state index is 3.68. The van der Waals surface area contributed by atoms with Crippen molar-refractivity contribution in [3.05, 3.63) is 35.4 Å². The van der Waals surface area contributed by atoms with Crippen LogP contribution in [0.4, 0.5) is 0 Å². The molecular weight excluding hydrogens is 242 g/mol. The highest BCUT2D eigenvalue weighted by Crippen LogP contribution is 2.38. The summed E-state index contributed by atoms with van der Waals surface area (Å²) in [6.07, 6.45) is 11.1. The summed E-state index contributed by atoms with van der Waals surface area (Å²) in [4.78, 5) is 0. The van der Waals surface area contributed by atoms with Crippen molar-refractivity contribution in [2.75, 3.05) is 6.54 Å². The highest BCUT2D eigenvalue weighted by atomic mass is 14.9. The highest BCUT2D eigenvalue weighted by Gasteiger charge is 2.23. The summed E-state index contributed by atoms with van der Waals surface area (Å²) in [5.74, 6) is 1.65. The predicted molar refractivity (Wildman–Crippen MR) is 86.3 cm³/mol. The monoisotopic (exact) mass is 271 g/mol. The minimum Gasteiger partial charge on any atom is -0.314 e. The summed E-state index contributed by atoms with van der Waals surface area (Å²) < 4.78 is 0. The van der Waals surface area contributed by atoms with Gasteiger partial charge in [-0.05, 0) is 61.6 Å². The lowest BCUT2D eigenvalue weighted by Gasteiger charge is -2.27. The van der Waals surface area contributed by atoms with Crippen molar-refractivity contribution in [2.24, 2.45) is 0 Å². The molecule has 2 aliphatic carbocycles. The van der Waals surface area contributed by atoms with Crippen molar-refractivity contribution in [2.45, 2.75) is 76.2 Å². The molecule has 0 spiro atoms. The van der Waals surface area contributed by atoms with E-state index in [4.69, 9.17) is 0 Å². The Labute approximate surface area is 124 Å². The second kappa shape index (κ2) is 6.76. The molecule has 0 amide bonds. The third kappa shape index (κ3) is 3.25. The average molecular weight is 271 g/mol. The molecule has 2 atom stereocenters. The van der Waals surface area contributed by atoms with E-state index in [9.17, 15) is 0 Å². The third-order valence-electron chi connectivity index (χ3n) is 5.38. The molecule has 1 heteroatoms. The molecule has 2 unspecified atom stereocenters. The van der Waals surface area contributed by atoms with Crippen molar-refractivity contribution in [1.29, 1.82) is 0 Å². The van der Waals surface area contributed by atoms with Crippen LogP contribution < -0.4 is 5.32 Å². The lowest BCUT2D eigenvalue weighted by Crippen LogP contribution is -2.29. The third-order valence-corrected chi connectivity index (χ3v) is 5.38. The minimum atomic E-state index is 0.736. The van der Waals surface area contributed by atoms with E-state index < -0.39 is 0 Å². The van der Waals surface area contributed by atoms with Gasteiger partial charge in [-0.2, -0.15) is 0 Å². The van der Waals surface area contributed by atoms with Gasteiger partial charge in [-0.25, -0.2) is 0 Å². The van der Waals surface area contributed by atoms with Crippen molar-refractivity contribution in [1.82, 2.24) is 5.32 Å². The summed E-state index contributed by atoms with van der Waals surface area (Å²) in [5.41, 5.74) is 3.22. The van der Waals surface area contributed by atoms with E-state index in [-0.39, 0.29) is 0 Å². The highest BCUT2D eigenvalue weighted by molar-refractivity contribution is 5.30. The molecule has 0 heterocycles. The number of hydrogen-bond donors (Lipinski definition) is 1. The Bertz CT molecular complexity index is 422. The second-order valence-corrected chi connectivity index (χ2v) is 6.77. The van der Waals surface area contributed by atoms with Crippen molar-refractivity contribution in [3.8, 4) is 0 Å². The Morgan fingerprint density at radius 3 is 2.35 bits per heavy atom. The smallest absolute Gasteiger partial charge is 0.00727 e. The first-order chi connectivity index (χ1) is 9.86. The molecule has 2 saturated carbocycles. The Hall–Kier alpha value is -0.820. The molecule has 0 aliphatic heterocycles. The minimum absolute atomic E-state index is 0.736. The summed E-state index contributed by atoms with van der Waals surface area (Å²) in [7, 11) is 0. The zero-order valence-electron chi connectivity index (χ0n) is 12.9. The van der Waals surface area contributed by atoms with Crippen LogP contribution in [0.2, 0.25) is 0 Å². The number of hydrogen-bond acceptors (Lipinski definition) is 1. The standard InChI is InChI=1S/C19H29N/c1-2-20-19-12-4-3-7-18(14-19)17-11-6-10-16(13-17)15-8-5-9-15/h6,10-11,13,15,18-20H,2-5,7-9,12,14H2,1H3. The van der Waals surface area contributed by atoms with Crippen molar-refractivity contribution >= 4 is 0 Å². The average Bonchev–Trinajstić information content (AvgIpc) is 2.63. The van der Waals surface area contributed by atoms with Gasteiger partial charge in [0.1, 0.15) is 0 Å². The molecule has 20 heavy (non-hydrogen) atoms. The quantitative estimate of drug-likeness (QED) is 0.762. The number of nitrogens with one attached hydrogen (secondary N) is 1. The molecule has 1 N–H and O–H groups in total. The molecule has 0 saturated heterocycles. The fourth-order valence-corrected chi connectivity index (χ4v) is 3.95. The van der Waals surface area contributed by atoms with Crippen LogP contribution in [0, 0.1) is 0 Å². The van der Waals surface area contributed by atoms with E-state index in [1.807, 2.05) is 0 Å². The largest absolute Gasteiger partial charge is 0.314 e. The van der Waals surface area contributed by atoms with E-state index in [0.29, 0.717) is 0 Å². The van der Waals surface area contributed by atoms with Gasteiger partial charge in [-0.3, -0.25) is 0 Å². The Morgan fingerprint density at radius 2 is 1.65 bits per heavy atom.